The van der Waals surface area contributed by atoms with Crippen molar-refractivity contribution >= 4 is 29.6 Å². The second kappa shape index (κ2) is 12.6. The van der Waals surface area contributed by atoms with Crippen molar-refractivity contribution in [1.29, 1.82) is 0 Å². The second-order valence-corrected chi connectivity index (χ2v) is 7.61. The van der Waals surface area contributed by atoms with Gasteiger partial charge in [-0.15, -0.1) is 0 Å². The van der Waals surface area contributed by atoms with Crippen LogP contribution in [0.1, 0.15) is 27.9 Å². The van der Waals surface area contributed by atoms with E-state index in [1.165, 1.54) is 37.5 Å². The van der Waals surface area contributed by atoms with E-state index in [1.807, 2.05) is 18.2 Å². The first-order valence-electron chi connectivity index (χ1n) is 10.9. The Morgan fingerprint density at radius 2 is 1.64 bits per heavy atom. The molecule has 3 aromatic rings. The molecular formula is C28H26N2O6. The Morgan fingerprint density at radius 1 is 0.889 bits per heavy atom. The van der Waals surface area contributed by atoms with Gasteiger partial charge in [-0.25, -0.2) is 5.43 Å². The van der Waals surface area contributed by atoms with Crippen LogP contribution in [0.25, 0.3) is 12.2 Å². The first kappa shape index (κ1) is 25.8. The number of nitrogens with zero attached hydrogens (tertiary/aromatic N) is 1. The minimum absolute atomic E-state index is 0.000208. The van der Waals surface area contributed by atoms with E-state index < -0.39 is 5.91 Å². The molecule has 0 fully saturated rings. The third-order valence-corrected chi connectivity index (χ3v) is 4.99. The molecule has 36 heavy (non-hydrogen) atoms. The van der Waals surface area contributed by atoms with Gasteiger partial charge in [0.15, 0.2) is 17.3 Å². The van der Waals surface area contributed by atoms with Crippen molar-refractivity contribution in [1.82, 2.24) is 5.43 Å². The summed E-state index contributed by atoms with van der Waals surface area (Å²) in [5, 5.41) is 23.5. The van der Waals surface area contributed by atoms with Crippen molar-refractivity contribution in [3.05, 3.63) is 95.6 Å². The Hall–Kier alpha value is -4.85. The zero-order valence-corrected chi connectivity index (χ0v) is 19.8. The van der Waals surface area contributed by atoms with E-state index in [1.54, 1.807) is 49.6 Å². The lowest BCUT2D eigenvalue weighted by Gasteiger charge is -2.05. The van der Waals surface area contributed by atoms with Crippen LogP contribution in [-0.4, -0.2) is 41.8 Å². The van der Waals surface area contributed by atoms with Crippen LogP contribution in [-0.2, 0) is 4.79 Å². The number of amides is 1. The smallest absolute Gasteiger partial charge is 0.271 e. The molecule has 0 aromatic heterocycles. The Labute approximate surface area is 208 Å². The predicted octanol–water partition coefficient (Wildman–Crippen LogP) is 4.59. The first-order valence-corrected chi connectivity index (χ1v) is 10.9. The van der Waals surface area contributed by atoms with Gasteiger partial charge in [0.05, 0.1) is 26.4 Å². The molecule has 3 aromatic carbocycles. The zero-order valence-electron chi connectivity index (χ0n) is 19.8. The fourth-order valence-electron chi connectivity index (χ4n) is 3.13. The number of allylic oxidation sites excluding steroid dienone is 2. The number of hydrogen-bond acceptors (Lipinski definition) is 7. The van der Waals surface area contributed by atoms with Gasteiger partial charge >= 0.3 is 0 Å². The maximum atomic E-state index is 12.7. The van der Waals surface area contributed by atoms with E-state index in [4.69, 9.17) is 9.47 Å². The van der Waals surface area contributed by atoms with Gasteiger partial charge in [-0.3, -0.25) is 9.59 Å². The minimum Gasteiger partial charge on any atom is -0.508 e. The number of phenols is 2. The molecule has 3 rings (SSSR count). The molecular weight excluding hydrogens is 460 g/mol. The minimum atomic E-state index is -0.539. The molecule has 1 amide bonds. The number of ketones is 1. The second-order valence-electron chi connectivity index (χ2n) is 7.61. The fraction of sp³-hybridized carbons (Fsp3) is 0.107. The molecule has 0 atom stereocenters. The molecule has 0 saturated carbocycles. The number of benzene rings is 3. The molecule has 0 aliphatic carbocycles. The highest BCUT2D eigenvalue weighted by Crippen LogP contribution is 2.26. The lowest BCUT2D eigenvalue weighted by molar-refractivity contribution is -0.113. The molecule has 8 nitrogen and oxygen atoms in total. The van der Waals surface area contributed by atoms with E-state index in [2.05, 4.69) is 10.5 Å². The summed E-state index contributed by atoms with van der Waals surface area (Å²) in [4.78, 5) is 25.1. The number of hydrogen-bond donors (Lipinski definition) is 3. The van der Waals surface area contributed by atoms with E-state index in [9.17, 15) is 19.8 Å². The number of rotatable bonds is 10. The molecule has 0 aliphatic rings. The van der Waals surface area contributed by atoms with Crippen LogP contribution in [0.5, 0.6) is 23.0 Å². The van der Waals surface area contributed by atoms with Crippen LogP contribution in [0.2, 0.25) is 0 Å². The van der Waals surface area contributed by atoms with E-state index in [0.717, 1.165) is 5.56 Å². The van der Waals surface area contributed by atoms with Crippen LogP contribution in [0.3, 0.4) is 0 Å². The lowest BCUT2D eigenvalue weighted by atomic mass is 10.1. The Morgan fingerprint density at radius 3 is 2.39 bits per heavy atom. The number of methoxy groups -OCH3 is 2. The summed E-state index contributed by atoms with van der Waals surface area (Å²) in [5.41, 5.74) is 4.41. The van der Waals surface area contributed by atoms with E-state index in [0.29, 0.717) is 17.1 Å². The van der Waals surface area contributed by atoms with Gasteiger partial charge in [0.25, 0.3) is 5.91 Å². The van der Waals surface area contributed by atoms with Gasteiger partial charge in [-0.05, 0) is 65.7 Å². The van der Waals surface area contributed by atoms with Gasteiger partial charge in [0.1, 0.15) is 11.5 Å². The number of ether oxygens (including phenoxy) is 2. The standard InChI is InChI=1S/C28H26N2O6/c1-35-25-8-3-5-19(15-25)10-13-24(32)18-22(12-9-20-11-14-26(33)27(16-20)36-2)29-30-28(34)21-6-4-7-23(31)17-21/h3-17,31,33H,18H2,1-2H3,(H,30,34)/b12-9+,13-10+,29-22+. The van der Waals surface area contributed by atoms with Crippen LogP contribution >= 0.6 is 0 Å². The number of nitrogens with one attached hydrogen (secondary N) is 1. The van der Waals surface area contributed by atoms with Crippen molar-refractivity contribution in [3.8, 4) is 23.0 Å². The lowest BCUT2D eigenvalue weighted by Crippen LogP contribution is -2.20. The Kier molecular flexibility index (Phi) is 9.00. The molecule has 0 bridgehead atoms. The van der Waals surface area contributed by atoms with Crippen molar-refractivity contribution in [2.75, 3.05) is 14.2 Å². The maximum absolute atomic E-state index is 12.7. The summed E-state index contributed by atoms with van der Waals surface area (Å²) in [6, 6.07) is 17.9. The molecule has 8 heteroatoms. The van der Waals surface area contributed by atoms with Crippen molar-refractivity contribution < 1.29 is 29.3 Å². The SMILES string of the molecule is COc1cccc(/C=C/C(=O)CC(/C=C/c2ccc(O)c(OC)c2)=N/NC(=O)c2cccc(O)c2)c1. The summed E-state index contributed by atoms with van der Waals surface area (Å²) in [6.45, 7) is 0. The van der Waals surface area contributed by atoms with Crippen LogP contribution < -0.4 is 14.9 Å². The topological polar surface area (TPSA) is 117 Å². The average molecular weight is 487 g/mol. The third kappa shape index (κ3) is 7.59. The van der Waals surface area contributed by atoms with Gasteiger partial charge < -0.3 is 19.7 Å². The van der Waals surface area contributed by atoms with E-state index in [-0.39, 0.29) is 35.0 Å². The average Bonchev–Trinajstić information content (AvgIpc) is 2.89. The van der Waals surface area contributed by atoms with Gasteiger partial charge in [-0.2, -0.15) is 5.10 Å². The normalized spacial score (nSPS) is 11.6. The van der Waals surface area contributed by atoms with Crippen molar-refractivity contribution in [3.63, 3.8) is 0 Å². The molecule has 0 aliphatic heterocycles. The molecule has 0 radical (unpaired) electrons. The largest absolute Gasteiger partial charge is 0.508 e. The van der Waals surface area contributed by atoms with Gasteiger partial charge in [-0.1, -0.05) is 36.4 Å². The number of phenolic OH excluding ortho intramolecular Hbond substituents is 2. The summed E-state index contributed by atoms with van der Waals surface area (Å²) in [7, 11) is 3.01. The number of carbonyl (C=O) groups is 2. The number of aromatic hydroxyl groups is 2. The van der Waals surface area contributed by atoms with Crippen molar-refractivity contribution in [2.45, 2.75) is 6.42 Å². The number of carbonyl (C=O) groups excluding carboxylic acids is 2. The molecule has 0 saturated heterocycles. The third-order valence-electron chi connectivity index (χ3n) is 4.99. The fourth-order valence-corrected chi connectivity index (χ4v) is 3.13. The van der Waals surface area contributed by atoms with Crippen LogP contribution in [0.4, 0.5) is 0 Å². The van der Waals surface area contributed by atoms with Crippen LogP contribution in [0.15, 0.2) is 84.0 Å². The molecule has 0 unspecified atom stereocenters. The highest BCUT2D eigenvalue weighted by molar-refractivity contribution is 6.13. The molecule has 3 N–H and O–H groups in total. The Bertz CT molecular complexity index is 1330. The summed E-state index contributed by atoms with van der Waals surface area (Å²) in [6.07, 6.45) is 6.28. The van der Waals surface area contributed by atoms with Crippen molar-refractivity contribution in [2.24, 2.45) is 5.10 Å². The van der Waals surface area contributed by atoms with E-state index >= 15 is 0 Å². The summed E-state index contributed by atoms with van der Waals surface area (Å²) in [5.74, 6) is 0.142. The highest BCUT2D eigenvalue weighted by Gasteiger charge is 2.08. The predicted molar refractivity (Wildman–Crippen MR) is 138 cm³/mol. The molecule has 184 valence electrons. The summed E-state index contributed by atoms with van der Waals surface area (Å²) >= 11 is 0. The quantitative estimate of drug-likeness (QED) is 0.219. The maximum Gasteiger partial charge on any atom is 0.271 e. The van der Waals surface area contributed by atoms with Gasteiger partial charge in [0, 0.05) is 5.56 Å². The molecule has 0 heterocycles. The summed E-state index contributed by atoms with van der Waals surface area (Å²) < 4.78 is 10.3. The Balaban J connectivity index is 1.80. The molecule has 0 spiro atoms. The number of hydrazone groups is 1. The first-order chi connectivity index (χ1) is 17.4. The van der Waals surface area contributed by atoms with Crippen LogP contribution in [0, 0.1) is 0 Å². The monoisotopic (exact) mass is 486 g/mol. The highest BCUT2D eigenvalue weighted by atomic mass is 16.5. The zero-order chi connectivity index (χ0) is 25.9. The van der Waals surface area contributed by atoms with Gasteiger partial charge in [0.2, 0.25) is 0 Å².